The third-order valence-electron chi connectivity index (χ3n) is 3.22. The maximum Gasteiger partial charge on any atom is 0.255 e. The summed E-state index contributed by atoms with van der Waals surface area (Å²) in [6, 6.07) is 1.84. The van der Waals surface area contributed by atoms with Gasteiger partial charge >= 0.3 is 0 Å². The third-order valence-corrected chi connectivity index (χ3v) is 3.22. The maximum absolute atomic E-state index is 12.2. The SMILES string of the molecule is CC1CCN(C(=O)c2ccnnc2)C1CN. The number of likely N-dealkylation sites (tertiary alicyclic amines) is 1. The molecule has 2 heterocycles. The summed E-state index contributed by atoms with van der Waals surface area (Å²) in [7, 11) is 0. The molecule has 1 aromatic heterocycles. The van der Waals surface area contributed by atoms with Crippen LogP contribution in [0.1, 0.15) is 23.7 Å². The van der Waals surface area contributed by atoms with Crippen LogP contribution < -0.4 is 5.73 Å². The molecule has 1 aliphatic heterocycles. The van der Waals surface area contributed by atoms with Gasteiger partial charge in [0.15, 0.2) is 0 Å². The Labute approximate surface area is 94.6 Å². The zero-order valence-corrected chi connectivity index (χ0v) is 9.34. The van der Waals surface area contributed by atoms with Crippen molar-refractivity contribution in [1.29, 1.82) is 0 Å². The normalized spacial score (nSPS) is 24.8. The van der Waals surface area contributed by atoms with Crippen molar-refractivity contribution >= 4 is 5.91 Å². The maximum atomic E-state index is 12.2. The van der Waals surface area contributed by atoms with Crippen LogP contribution in [-0.4, -0.2) is 40.1 Å². The van der Waals surface area contributed by atoms with Gasteiger partial charge in [0.25, 0.3) is 5.91 Å². The second kappa shape index (κ2) is 4.57. The first-order chi connectivity index (χ1) is 7.74. The van der Waals surface area contributed by atoms with Gasteiger partial charge in [-0.05, 0) is 18.4 Å². The van der Waals surface area contributed by atoms with Crippen LogP contribution in [0.4, 0.5) is 0 Å². The van der Waals surface area contributed by atoms with E-state index in [-0.39, 0.29) is 11.9 Å². The number of carbonyl (C=O) groups excluding carboxylic acids is 1. The molecule has 2 atom stereocenters. The van der Waals surface area contributed by atoms with E-state index in [0.717, 1.165) is 13.0 Å². The van der Waals surface area contributed by atoms with E-state index in [1.807, 2.05) is 4.90 Å². The van der Waals surface area contributed by atoms with E-state index in [9.17, 15) is 4.79 Å². The quantitative estimate of drug-likeness (QED) is 0.777. The molecule has 0 saturated carbocycles. The first-order valence-electron chi connectivity index (χ1n) is 5.51. The molecular weight excluding hydrogens is 204 g/mol. The second-order valence-corrected chi connectivity index (χ2v) is 4.20. The summed E-state index contributed by atoms with van der Waals surface area (Å²) < 4.78 is 0. The van der Waals surface area contributed by atoms with E-state index in [4.69, 9.17) is 5.73 Å². The van der Waals surface area contributed by atoms with E-state index in [0.29, 0.717) is 18.0 Å². The fourth-order valence-electron chi connectivity index (χ4n) is 2.20. The van der Waals surface area contributed by atoms with Gasteiger partial charge < -0.3 is 10.6 Å². The summed E-state index contributed by atoms with van der Waals surface area (Å²) in [5.74, 6) is 0.485. The number of hydrogen-bond acceptors (Lipinski definition) is 4. The minimum atomic E-state index is 0.00898. The number of hydrogen-bond donors (Lipinski definition) is 1. The van der Waals surface area contributed by atoms with Crippen molar-refractivity contribution in [2.45, 2.75) is 19.4 Å². The fraction of sp³-hybridized carbons (Fsp3) is 0.545. The van der Waals surface area contributed by atoms with Gasteiger partial charge in [-0.2, -0.15) is 10.2 Å². The number of rotatable bonds is 2. The number of aromatic nitrogens is 2. The third kappa shape index (κ3) is 1.90. The van der Waals surface area contributed by atoms with Gasteiger partial charge in [-0.3, -0.25) is 4.79 Å². The molecule has 0 aromatic carbocycles. The average Bonchev–Trinajstić information content (AvgIpc) is 2.70. The Kier molecular flexibility index (Phi) is 3.14. The van der Waals surface area contributed by atoms with Crippen molar-refractivity contribution in [1.82, 2.24) is 15.1 Å². The molecule has 2 rings (SSSR count). The summed E-state index contributed by atoms with van der Waals surface area (Å²) in [4.78, 5) is 14.0. The number of nitrogens with two attached hydrogens (primary N) is 1. The highest BCUT2D eigenvalue weighted by Crippen LogP contribution is 2.24. The molecule has 1 aromatic rings. The van der Waals surface area contributed by atoms with Crippen molar-refractivity contribution in [3.05, 3.63) is 24.0 Å². The largest absolute Gasteiger partial charge is 0.334 e. The first kappa shape index (κ1) is 11.0. The van der Waals surface area contributed by atoms with Crippen molar-refractivity contribution in [3.63, 3.8) is 0 Å². The van der Waals surface area contributed by atoms with Crippen molar-refractivity contribution < 1.29 is 4.79 Å². The molecule has 0 bridgehead atoms. The van der Waals surface area contributed by atoms with Crippen LogP contribution in [0.3, 0.4) is 0 Å². The highest BCUT2D eigenvalue weighted by Gasteiger charge is 2.33. The lowest BCUT2D eigenvalue weighted by molar-refractivity contribution is 0.0726. The molecule has 2 unspecified atom stereocenters. The monoisotopic (exact) mass is 220 g/mol. The Hall–Kier alpha value is -1.49. The molecule has 86 valence electrons. The lowest BCUT2D eigenvalue weighted by Crippen LogP contribution is -2.42. The van der Waals surface area contributed by atoms with Gasteiger partial charge in [0.2, 0.25) is 0 Å². The predicted octanol–water partition coefficient (Wildman–Crippen LogP) is 0.286. The Morgan fingerprint density at radius 2 is 2.44 bits per heavy atom. The van der Waals surface area contributed by atoms with Crippen LogP contribution in [0, 0.1) is 5.92 Å². The van der Waals surface area contributed by atoms with Crippen molar-refractivity contribution in [2.75, 3.05) is 13.1 Å². The number of amides is 1. The molecule has 16 heavy (non-hydrogen) atoms. The Balaban J connectivity index is 2.17. The molecule has 1 amide bonds. The zero-order chi connectivity index (χ0) is 11.5. The Morgan fingerprint density at radius 3 is 3.06 bits per heavy atom. The molecule has 5 nitrogen and oxygen atoms in total. The van der Waals surface area contributed by atoms with Crippen molar-refractivity contribution in [2.24, 2.45) is 11.7 Å². The molecule has 0 spiro atoms. The second-order valence-electron chi connectivity index (χ2n) is 4.20. The molecule has 1 aliphatic rings. The summed E-state index contributed by atoms with van der Waals surface area (Å²) in [6.45, 7) is 3.44. The lowest BCUT2D eigenvalue weighted by atomic mass is 10.0. The Morgan fingerprint density at radius 1 is 1.62 bits per heavy atom. The highest BCUT2D eigenvalue weighted by molar-refractivity contribution is 5.94. The summed E-state index contributed by atoms with van der Waals surface area (Å²) >= 11 is 0. The smallest absolute Gasteiger partial charge is 0.255 e. The minimum absolute atomic E-state index is 0.00898. The van der Waals surface area contributed by atoms with Crippen LogP contribution in [0.5, 0.6) is 0 Å². The first-order valence-corrected chi connectivity index (χ1v) is 5.51. The van der Waals surface area contributed by atoms with Gasteiger partial charge in [-0.25, -0.2) is 0 Å². The predicted molar refractivity (Wildman–Crippen MR) is 59.7 cm³/mol. The van der Waals surface area contributed by atoms with E-state index in [2.05, 4.69) is 17.1 Å². The van der Waals surface area contributed by atoms with Gasteiger partial charge in [-0.1, -0.05) is 6.92 Å². The van der Waals surface area contributed by atoms with Crippen LogP contribution in [0.15, 0.2) is 18.5 Å². The van der Waals surface area contributed by atoms with Crippen LogP contribution in [0.25, 0.3) is 0 Å². The standard InChI is InChI=1S/C11H16N4O/c1-8-3-5-15(10(8)6-12)11(16)9-2-4-13-14-7-9/h2,4,7-8,10H,3,5-6,12H2,1H3. The molecule has 1 fully saturated rings. The van der Waals surface area contributed by atoms with E-state index in [1.54, 1.807) is 6.07 Å². The summed E-state index contributed by atoms with van der Waals surface area (Å²) in [5, 5.41) is 7.38. The van der Waals surface area contributed by atoms with Crippen LogP contribution >= 0.6 is 0 Å². The molecule has 5 heteroatoms. The van der Waals surface area contributed by atoms with Gasteiger partial charge in [-0.15, -0.1) is 0 Å². The molecule has 0 radical (unpaired) electrons. The summed E-state index contributed by atoms with van der Waals surface area (Å²) in [5.41, 5.74) is 6.29. The van der Waals surface area contributed by atoms with E-state index >= 15 is 0 Å². The van der Waals surface area contributed by atoms with Crippen molar-refractivity contribution in [3.8, 4) is 0 Å². The molecule has 2 N–H and O–H groups in total. The highest BCUT2D eigenvalue weighted by atomic mass is 16.2. The topological polar surface area (TPSA) is 72.1 Å². The van der Waals surface area contributed by atoms with Crippen LogP contribution in [0.2, 0.25) is 0 Å². The van der Waals surface area contributed by atoms with E-state index < -0.39 is 0 Å². The summed E-state index contributed by atoms with van der Waals surface area (Å²) in [6.07, 6.45) is 4.05. The average molecular weight is 220 g/mol. The zero-order valence-electron chi connectivity index (χ0n) is 9.34. The number of nitrogens with zero attached hydrogens (tertiary/aromatic N) is 3. The molecule has 1 saturated heterocycles. The molecule has 0 aliphatic carbocycles. The lowest BCUT2D eigenvalue weighted by Gasteiger charge is -2.25. The minimum Gasteiger partial charge on any atom is -0.334 e. The van der Waals surface area contributed by atoms with Gasteiger partial charge in [0.1, 0.15) is 0 Å². The van der Waals surface area contributed by atoms with Crippen LogP contribution in [-0.2, 0) is 0 Å². The van der Waals surface area contributed by atoms with Gasteiger partial charge in [0.05, 0.1) is 18.0 Å². The Bertz CT molecular complexity index is 368. The number of carbonyl (C=O) groups is 1. The van der Waals surface area contributed by atoms with Gasteiger partial charge in [0, 0.05) is 19.1 Å². The fourth-order valence-corrected chi connectivity index (χ4v) is 2.20. The van der Waals surface area contributed by atoms with E-state index in [1.165, 1.54) is 12.4 Å². The molecular formula is C11H16N4O.